The minimum absolute atomic E-state index is 0.0448. The highest BCUT2D eigenvalue weighted by atomic mass is 35.5. The summed E-state index contributed by atoms with van der Waals surface area (Å²) in [7, 11) is 0. The Bertz CT molecular complexity index is 1140. The molecule has 216 valence electrons. The summed E-state index contributed by atoms with van der Waals surface area (Å²) in [6.07, 6.45) is 9.08. The first-order valence-corrected chi connectivity index (χ1v) is 14.7. The number of nitrogens with one attached hydrogen (secondary N) is 2. The number of hydrogen-bond donors (Lipinski definition) is 3. The minimum Gasteiger partial charge on any atom is -0.461 e. The van der Waals surface area contributed by atoms with Gasteiger partial charge in [0.05, 0.1) is 12.6 Å². The van der Waals surface area contributed by atoms with Gasteiger partial charge in [0.25, 0.3) is 0 Å². The number of halogens is 1. The van der Waals surface area contributed by atoms with Gasteiger partial charge >= 0.3 is 5.97 Å². The monoisotopic (exact) mass is 569 g/mol. The first kappa shape index (κ1) is 30.0. The molecule has 1 saturated carbocycles. The maximum atomic E-state index is 13.8. The number of aryl methyl sites for hydroxylation is 1. The van der Waals surface area contributed by atoms with E-state index in [2.05, 4.69) is 15.6 Å². The van der Waals surface area contributed by atoms with Gasteiger partial charge in [-0.2, -0.15) is 0 Å². The maximum Gasteiger partial charge on any atom is 0.320 e. The van der Waals surface area contributed by atoms with E-state index in [-0.39, 0.29) is 37.0 Å². The molecule has 4 rings (SSSR count). The molecule has 2 amide bonds. The summed E-state index contributed by atoms with van der Waals surface area (Å²) in [6, 6.07) is 9.86. The molecule has 1 saturated heterocycles. The van der Waals surface area contributed by atoms with Crippen LogP contribution < -0.4 is 16.4 Å². The molecule has 10 heteroatoms. The van der Waals surface area contributed by atoms with Crippen molar-refractivity contribution in [1.82, 2.24) is 20.5 Å². The van der Waals surface area contributed by atoms with Gasteiger partial charge in [-0.1, -0.05) is 30.2 Å². The molecule has 40 heavy (non-hydrogen) atoms. The first-order chi connectivity index (χ1) is 19.4. The number of carbonyl (C=O) groups excluding carboxylic acids is 3. The second-order valence-electron chi connectivity index (χ2n) is 10.6. The molecule has 0 radical (unpaired) electrons. The Kier molecular flexibility index (Phi) is 11.3. The molecule has 1 aromatic carbocycles. The van der Waals surface area contributed by atoms with E-state index in [1.165, 1.54) is 6.42 Å². The molecule has 2 aromatic rings. The maximum absolute atomic E-state index is 13.8. The number of nitrogens with zero attached hydrogens (tertiary/aromatic N) is 2. The number of likely N-dealkylation sites (tertiary alicyclic amines) is 1. The Balaban J connectivity index is 1.39. The van der Waals surface area contributed by atoms with Crippen LogP contribution in [0, 0.1) is 0 Å². The predicted molar refractivity (Wildman–Crippen MR) is 153 cm³/mol. The van der Waals surface area contributed by atoms with Crippen LogP contribution in [0.15, 0.2) is 42.6 Å². The van der Waals surface area contributed by atoms with Crippen molar-refractivity contribution in [3.8, 4) is 0 Å². The number of ether oxygens (including phenoxy) is 1. The molecule has 2 aliphatic rings. The summed E-state index contributed by atoms with van der Waals surface area (Å²) in [5.74, 6) is -0.756. The number of rotatable bonds is 12. The number of amides is 2. The van der Waals surface area contributed by atoms with Crippen LogP contribution in [0.5, 0.6) is 0 Å². The highest BCUT2D eigenvalue weighted by molar-refractivity contribution is 6.30. The number of esters is 1. The van der Waals surface area contributed by atoms with E-state index in [1.54, 1.807) is 23.2 Å². The number of nitrogens with two attached hydrogens (primary N) is 1. The Morgan fingerprint density at radius 3 is 2.65 bits per heavy atom. The fourth-order valence-corrected chi connectivity index (χ4v) is 5.72. The van der Waals surface area contributed by atoms with E-state index in [0.29, 0.717) is 37.4 Å². The van der Waals surface area contributed by atoms with Crippen LogP contribution in [0.2, 0.25) is 5.02 Å². The molecule has 2 fully saturated rings. The van der Waals surface area contributed by atoms with Crippen LogP contribution in [0.3, 0.4) is 0 Å². The number of carbonyl (C=O) groups is 3. The minimum atomic E-state index is -0.647. The van der Waals surface area contributed by atoms with Gasteiger partial charge in [-0.25, -0.2) is 0 Å². The molecule has 4 N–H and O–H groups in total. The Morgan fingerprint density at radius 2 is 1.90 bits per heavy atom. The zero-order valence-corrected chi connectivity index (χ0v) is 23.7. The third-order valence-electron chi connectivity index (χ3n) is 7.74. The van der Waals surface area contributed by atoms with Crippen molar-refractivity contribution in [2.75, 3.05) is 13.1 Å². The predicted octanol–water partition coefficient (Wildman–Crippen LogP) is 3.27. The van der Waals surface area contributed by atoms with E-state index in [1.807, 2.05) is 24.3 Å². The van der Waals surface area contributed by atoms with Crippen molar-refractivity contribution in [2.24, 2.45) is 5.73 Å². The normalized spacial score (nSPS) is 18.4. The van der Waals surface area contributed by atoms with Crippen molar-refractivity contribution in [3.05, 3.63) is 64.4 Å². The zero-order valence-electron chi connectivity index (χ0n) is 22.9. The summed E-state index contributed by atoms with van der Waals surface area (Å²) in [5.41, 5.74) is 8.46. The first-order valence-electron chi connectivity index (χ1n) is 14.3. The highest BCUT2D eigenvalue weighted by Crippen LogP contribution is 2.22. The third kappa shape index (κ3) is 8.49. The summed E-state index contributed by atoms with van der Waals surface area (Å²) >= 11 is 6.15. The highest BCUT2D eigenvalue weighted by Gasteiger charge is 2.37. The van der Waals surface area contributed by atoms with Gasteiger partial charge in [-0.15, -0.1) is 0 Å². The smallest absolute Gasteiger partial charge is 0.320 e. The average Bonchev–Trinajstić information content (AvgIpc) is 3.47. The lowest BCUT2D eigenvalue weighted by Gasteiger charge is -2.29. The molecule has 0 unspecified atom stereocenters. The van der Waals surface area contributed by atoms with Gasteiger partial charge in [-0.05, 0) is 86.8 Å². The third-order valence-corrected chi connectivity index (χ3v) is 7.97. The largest absolute Gasteiger partial charge is 0.461 e. The van der Waals surface area contributed by atoms with E-state index in [4.69, 9.17) is 22.1 Å². The van der Waals surface area contributed by atoms with Gasteiger partial charge in [0, 0.05) is 36.5 Å². The topological polar surface area (TPSA) is 127 Å². The number of pyridine rings is 1. The second-order valence-corrected chi connectivity index (χ2v) is 11.0. The summed E-state index contributed by atoms with van der Waals surface area (Å²) in [6.45, 7) is 1.04. The molecular weight excluding hydrogens is 530 g/mol. The molecule has 0 spiro atoms. The van der Waals surface area contributed by atoms with Crippen LogP contribution in [0.25, 0.3) is 0 Å². The van der Waals surface area contributed by atoms with Crippen LogP contribution in [-0.2, 0) is 38.6 Å². The van der Waals surface area contributed by atoms with Crippen molar-refractivity contribution in [2.45, 2.75) is 89.1 Å². The van der Waals surface area contributed by atoms with Crippen molar-refractivity contribution in [1.29, 1.82) is 0 Å². The average molecular weight is 570 g/mol. The van der Waals surface area contributed by atoms with Gasteiger partial charge in [-0.3, -0.25) is 24.7 Å². The molecule has 2 atom stereocenters. The zero-order chi connectivity index (χ0) is 28.3. The van der Waals surface area contributed by atoms with E-state index < -0.39 is 12.1 Å². The molecule has 1 aromatic heterocycles. The molecule has 2 heterocycles. The summed E-state index contributed by atoms with van der Waals surface area (Å²) < 4.78 is 5.65. The Morgan fingerprint density at radius 1 is 1.07 bits per heavy atom. The number of benzene rings is 1. The van der Waals surface area contributed by atoms with E-state index in [0.717, 1.165) is 48.9 Å². The fraction of sp³-hybridized carbons (Fsp3) is 0.533. The number of hydrogen-bond acceptors (Lipinski definition) is 7. The van der Waals surface area contributed by atoms with Crippen LogP contribution in [0.1, 0.15) is 68.2 Å². The van der Waals surface area contributed by atoms with Gasteiger partial charge < -0.3 is 20.7 Å². The quantitative estimate of drug-likeness (QED) is 0.335. The van der Waals surface area contributed by atoms with Gasteiger partial charge in [0.2, 0.25) is 11.8 Å². The lowest BCUT2D eigenvalue weighted by Crippen LogP contribution is -2.53. The standard InChI is InChI=1S/C30H40ClN5O4/c31-23-12-11-21(18-32)22(17-23)19-35-29(38)27-10-6-16-36(27)30(39)26(14-13-24-7-4-5-15-33-24)34-20-28(37)40-25-8-2-1-3-9-25/h4-5,7,11-12,15,17,25-27,34H,1-3,6,8-10,13-14,16,18-20,32H2,(H,35,38)/t26-,27+/m1/s1. The lowest BCUT2D eigenvalue weighted by molar-refractivity contribution is -0.150. The molecular formula is C30H40ClN5O4. The summed E-state index contributed by atoms with van der Waals surface area (Å²) in [5, 5.41) is 6.68. The fourth-order valence-electron chi connectivity index (χ4n) is 5.53. The van der Waals surface area contributed by atoms with Crippen LogP contribution in [0.4, 0.5) is 0 Å². The molecule has 1 aliphatic carbocycles. The van der Waals surface area contributed by atoms with Crippen molar-refractivity contribution >= 4 is 29.4 Å². The second kappa shape index (κ2) is 15.1. The van der Waals surface area contributed by atoms with Gasteiger partial charge in [0.1, 0.15) is 12.1 Å². The van der Waals surface area contributed by atoms with Crippen molar-refractivity contribution in [3.63, 3.8) is 0 Å². The van der Waals surface area contributed by atoms with Crippen LogP contribution in [-0.4, -0.2) is 58.9 Å². The van der Waals surface area contributed by atoms with Gasteiger partial charge in [0.15, 0.2) is 0 Å². The summed E-state index contributed by atoms with van der Waals surface area (Å²) in [4.78, 5) is 45.6. The van der Waals surface area contributed by atoms with Crippen LogP contribution >= 0.6 is 11.6 Å². The van der Waals surface area contributed by atoms with E-state index in [9.17, 15) is 14.4 Å². The molecule has 9 nitrogen and oxygen atoms in total. The number of aromatic nitrogens is 1. The Labute approximate surface area is 241 Å². The molecule has 0 bridgehead atoms. The van der Waals surface area contributed by atoms with Crippen molar-refractivity contribution < 1.29 is 19.1 Å². The molecule has 1 aliphatic heterocycles. The SMILES string of the molecule is NCc1ccc(Cl)cc1CNC(=O)[C@@H]1CCCN1C(=O)[C@@H](CCc1ccccn1)NCC(=O)OC1CCCCC1. The lowest BCUT2D eigenvalue weighted by atomic mass is 9.98. The Hall–Kier alpha value is -3.01. The van der Waals surface area contributed by atoms with E-state index >= 15 is 0 Å².